The van der Waals surface area contributed by atoms with Crippen LogP contribution in [0, 0.1) is 11.6 Å². The number of hydrogen-bond donors (Lipinski definition) is 1. The van der Waals surface area contributed by atoms with Crippen LogP contribution in [-0.2, 0) is 4.74 Å². The smallest absolute Gasteiger partial charge is 0.409 e. The van der Waals surface area contributed by atoms with Gasteiger partial charge in [0.1, 0.15) is 11.6 Å². The molecule has 4 rings (SSSR count). The van der Waals surface area contributed by atoms with Crippen LogP contribution >= 0.6 is 0 Å². The number of anilines is 1. The van der Waals surface area contributed by atoms with Crippen LogP contribution in [0.5, 0.6) is 0 Å². The summed E-state index contributed by atoms with van der Waals surface area (Å²) in [5, 5.41) is 2.33. The monoisotopic (exact) mass is 457 g/mol. The molecule has 0 saturated carbocycles. The zero-order valence-electron chi connectivity index (χ0n) is 17.8. The highest BCUT2D eigenvalue weighted by molar-refractivity contribution is 6.22. The molecule has 4 amide bonds. The van der Waals surface area contributed by atoms with Gasteiger partial charge in [0, 0.05) is 30.8 Å². The molecule has 0 radical (unpaired) electrons. The summed E-state index contributed by atoms with van der Waals surface area (Å²) < 4.78 is 31.9. The van der Waals surface area contributed by atoms with E-state index in [9.17, 15) is 28.0 Å². The quantitative estimate of drug-likeness (QED) is 0.710. The van der Waals surface area contributed by atoms with Crippen molar-refractivity contribution in [3.8, 4) is 0 Å². The van der Waals surface area contributed by atoms with Gasteiger partial charge in [0.2, 0.25) is 0 Å². The zero-order valence-corrected chi connectivity index (χ0v) is 17.8. The van der Waals surface area contributed by atoms with Gasteiger partial charge in [-0.2, -0.15) is 0 Å². The fourth-order valence-corrected chi connectivity index (χ4v) is 4.04. The third-order valence-electron chi connectivity index (χ3n) is 5.72. The molecule has 1 fully saturated rings. The lowest BCUT2D eigenvalue weighted by atomic mass is 10.0. The summed E-state index contributed by atoms with van der Waals surface area (Å²) in [7, 11) is 0. The number of hydrogen-bond acceptors (Lipinski definition) is 5. The van der Waals surface area contributed by atoms with E-state index in [0.717, 1.165) is 12.1 Å². The lowest BCUT2D eigenvalue weighted by Crippen LogP contribution is -2.48. The van der Waals surface area contributed by atoms with Gasteiger partial charge in [-0.25, -0.2) is 13.6 Å². The maximum Gasteiger partial charge on any atom is 0.409 e. The molecule has 0 bridgehead atoms. The molecule has 2 aliphatic rings. The Morgan fingerprint density at radius 3 is 2.39 bits per heavy atom. The highest BCUT2D eigenvalue weighted by Crippen LogP contribution is 2.30. The van der Waals surface area contributed by atoms with E-state index in [2.05, 4.69) is 5.32 Å². The molecule has 0 spiro atoms. The van der Waals surface area contributed by atoms with Crippen LogP contribution < -0.4 is 5.32 Å². The van der Waals surface area contributed by atoms with Crippen LogP contribution in [0.15, 0.2) is 36.4 Å². The van der Waals surface area contributed by atoms with Crippen LogP contribution in [0.4, 0.5) is 19.3 Å². The Bertz CT molecular complexity index is 1140. The fraction of sp³-hybridized carbons (Fsp3) is 0.304. The molecule has 10 heteroatoms. The number of amides is 4. The maximum atomic E-state index is 13.8. The van der Waals surface area contributed by atoms with Crippen LogP contribution in [0.25, 0.3) is 0 Å². The minimum Gasteiger partial charge on any atom is -0.450 e. The summed E-state index contributed by atoms with van der Waals surface area (Å²) in [5.74, 6) is -3.39. The number of ether oxygens (including phenoxy) is 1. The van der Waals surface area contributed by atoms with Gasteiger partial charge >= 0.3 is 6.09 Å². The average Bonchev–Trinajstić information content (AvgIpc) is 3.05. The van der Waals surface area contributed by atoms with E-state index in [0.29, 0.717) is 32.0 Å². The number of fused-ring (bicyclic) bond motifs is 1. The summed E-state index contributed by atoms with van der Waals surface area (Å²) in [5.41, 5.74) is 0.106. The molecule has 0 unspecified atom stereocenters. The minimum absolute atomic E-state index is 0.0533. The van der Waals surface area contributed by atoms with Crippen LogP contribution in [0.1, 0.15) is 50.8 Å². The molecule has 33 heavy (non-hydrogen) atoms. The molecule has 2 aliphatic heterocycles. The largest absolute Gasteiger partial charge is 0.450 e. The number of halogens is 2. The fourth-order valence-electron chi connectivity index (χ4n) is 4.04. The van der Waals surface area contributed by atoms with Crippen molar-refractivity contribution < 1.29 is 32.7 Å². The van der Waals surface area contributed by atoms with Crippen molar-refractivity contribution in [1.82, 2.24) is 9.80 Å². The molecule has 0 atom stereocenters. The van der Waals surface area contributed by atoms with E-state index in [-0.39, 0.29) is 35.0 Å². The van der Waals surface area contributed by atoms with Crippen molar-refractivity contribution in [2.45, 2.75) is 25.8 Å². The Hall–Kier alpha value is -3.82. The van der Waals surface area contributed by atoms with Gasteiger partial charge in [0.05, 0.1) is 23.4 Å². The third kappa shape index (κ3) is 4.28. The standard InChI is InChI=1S/C23H21F2N3O5/c1-2-33-23(32)27-9-7-15(8-10-27)28-21(30)16-5-3-13(11-17(16)22(28)31)20(29)26-19-6-4-14(24)12-18(19)25/h3-6,11-12,15H,2,7-10H2,1H3,(H,26,29). The summed E-state index contributed by atoms with van der Waals surface area (Å²) in [6, 6.07) is 6.41. The summed E-state index contributed by atoms with van der Waals surface area (Å²) in [6.45, 7) is 2.69. The Morgan fingerprint density at radius 1 is 1.03 bits per heavy atom. The molecule has 2 aromatic carbocycles. The molecule has 1 saturated heterocycles. The molecule has 0 aliphatic carbocycles. The highest BCUT2D eigenvalue weighted by Gasteiger charge is 2.41. The second-order valence-corrected chi connectivity index (χ2v) is 7.74. The third-order valence-corrected chi connectivity index (χ3v) is 5.72. The molecule has 172 valence electrons. The number of benzene rings is 2. The zero-order chi connectivity index (χ0) is 23.7. The first-order valence-corrected chi connectivity index (χ1v) is 10.5. The number of rotatable bonds is 4. The van der Waals surface area contributed by atoms with E-state index in [1.165, 1.54) is 28.0 Å². The molecule has 2 heterocycles. The van der Waals surface area contributed by atoms with Gasteiger partial charge in [-0.05, 0) is 50.1 Å². The van der Waals surface area contributed by atoms with E-state index in [4.69, 9.17) is 4.74 Å². The first-order chi connectivity index (χ1) is 15.8. The van der Waals surface area contributed by atoms with Gasteiger partial charge in [0.25, 0.3) is 17.7 Å². The number of carbonyl (C=O) groups is 4. The second-order valence-electron chi connectivity index (χ2n) is 7.74. The van der Waals surface area contributed by atoms with Crippen LogP contribution in [-0.4, -0.2) is 59.4 Å². The number of nitrogens with one attached hydrogen (secondary N) is 1. The predicted molar refractivity (Wildman–Crippen MR) is 113 cm³/mol. The number of nitrogens with zero attached hydrogens (tertiary/aromatic N) is 2. The van der Waals surface area contributed by atoms with Gasteiger partial charge in [-0.3, -0.25) is 19.3 Å². The molecule has 8 nitrogen and oxygen atoms in total. The lowest BCUT2D eigenvalue weighted by Gasteiger charge is -2.35. The van der Waals surface area contributed by atoms with Gasteiger partial charge in [-0.1, -0.05) is 0 Å². The van der Waals surface area contributed by atoms with E-state index in [1.54, 1.807) is 6.92 Å². The number of piperidine rings is 1. The van der Waals surface area contributed by atoms with Gasteiger partial charge < -0.3 is 15.0 Å². The Morgan fingerprint density at radius 2 is 1.73 bits per heavy atom. The Kier molecular flexibility index (Phi) is 6.08. The normalized spacial score (nSPS) is 16.1. The van der Waals surface area contributed by atoms with Gasteiger partial charge in [-0.15, -0.1) is 0 Å². The highest BCUT2D eigenvalue weighted by atomic mass is 19.1. The molecular formula is C23H21F2N3O5. The van der Waals surface area contributed by atoms with Crippen molar-refractivity contribution in [2.75, 3.05) is 25.0 Å². The van der Waals surface area contributed by atoms with Crippen molar-refractivity contribution in [3.05, 3.63) is 64.7 Å². The van der Waals surface area contributed by atoms with E-state index >= 15 is 0 Å². The number of likely N-dealkylation sites (tertiary alicyclic amines) is 1. The van der Waals surface area contributed by atoms with Crippen molar-refractivity contribution in [3.63, 3.8) is 0 Å². The number of imide groups is 1. The molecule has 2 aromatic rings. The molecule has 1 N–H and O–H groups in total. The molecule has 0 aromatic heterocycles. The van der Waals surface area contributed by atoms with E-state index in [1.807, 2.05) is 0 Å². The second kappa shape index (κ2) is 8.97. The summed E-state index contributed by atoms with van der Waals surface area (Å²) >= 11 is 0. The number of carbonyl (C=O) groups excluding carboxylic acids is 4. The van der Waals surface area contributed by atoms with E-state index < -0.39 is 35.4 Å². The van der Waals surface area contributed by atoms with Crippen molar-refractivity contribution >= 4 is 29.5 Å². The minimum atomic E-state index is -0.934. The van der Waals surface area contributed by atoms with Crippen LogP contribution in [0.3, 0.4) is 0 Å². The Labute approximate surface area is 188 Å². The molecular weight excluding hydrogens is 436 g/mol. The first kappa shape index (κ1) is 22.4. The summed E-state index contributed by atoms with van der Waals surface area (Å²) in [6.07, 6.45) is 0.412. The van der Waals surface area contributed by atoms with Crippen molar-refractivity contribution in [1.29, 1.82) is 0 Å². The lowest BCUT2D eigenvalue weighted by molar-refractivity contribution is 0.0485. The summed E-state index contributed by atoms with van der Waals surface area (Å²) in [4.78, 5) is 53.0. The predicted octanol–water partition coefficient (Wildman–Crippen LogP) is 3.43. The Balaban J connectivity index is 1.48. The van der Waals surface area contributed by atoms with Crippen LogP contribution in [0.2, 0.25) is 0 Å². The maximum absolute atomic E-state index is 13.8. The van der Waals surface area contributed by atoms with Crippen molar-refractivity contribution in [2.24, 2.45) is 0 Å². The SMILES string of the molecule is CCOC(=O)N1CCC(N2C(=O)c3ccc(C(=O)Nc4ccc(F)cc4F)cc3C2=O)CC1. The van der Waals surface area contributed by atoms with Gasteiger partial charge in [0.15, 0.2) is 0 Å². The topological polar surface area (TPSA) is 96.0 Å². The first-order valence-electron chi connectivity index (χ1n) is 10.5. The average molecular weight is 457 g/mol.